The van der Waals surface area contributed by atoms with Crippen molar-refractivity contribution in [1.29, 1.82) is 0 Å². The van der Waals surface area contributed by atoms with Gasteiger partial charge in [0.1, 0.15) is 5.75 Å². The van der Waals surface area contributed by atoms with E-state index in [1.807, 2.05) is 40.7 Å². The Kier molecular flexibility index (Phi) is 3.92. The summed E-state index contributed by atoms with van der Waals surface area (Å²) in [7, 11) is 0. The summed E-state index contributed by atoms with van der Waals surface area (Å²) < 4.78 is 5.54. The summed E-state index contributed by atoms with van der Waals surface area (Å²) in [5, 5.41) is 10.1. The molecule has 0 bridgehead atoms. The highest BCUT2D eigenvalue weighted by Gasteiger charge is 2.24. The lowest BCUT2D eigenvalue weighted by atomic mass is 9.85. The van der Waals surface area contributed by atoms with Crippen LogP contribution in [0.15, 0.2) is 18.5 Å². The summed E-state index contributed by atoms with van der Waals surface area (Å²) in [6, 6.07) is 1.85. The van der Waals surface area contributed by atoms with Crippen molar-refractivity contribution in [3.63, 3.8) is 0 Å². The van der Waals surface area contributed by atoms with Crippen LogP contribution >= 0.6 is 0 Å². The molecule has 1 atom stereocenters. The topological polar surface area (TPSA) is 42.4 Å². The Hall–Kier alpha value is -1.09. The van der Waals surface area contributed by atoms with E-state index in [0.717, 1.165) is 5.56 Å². The van der Waals surface area contributed by atoms with Gasteiger partial charge in [0.2, 0.25) is 0 Å². The molecule has 1 unspecified atom stereocenters. The van der Waals surface area contributed by atoms with Gasteiger partial charge in [0.25, 0.3) is 0 Å². The number of aliphatic hydroxyl groups is 1. The van der Waals surface area contributed by atoms with Crippen LogP contribution in [0.25, 0.3) is 0 Å². The third-order valence-corrected chi connectivity index (χ3v) is 2.24. The second-order valence-corrected chi connectivity index (χ2v) is 5.39. The van der Waals surface area contributed by atoms with Gasteiger partial charge in [-0.1, -0.05) is 20.8 Å². The van der Waals surface area contributed by atoms with Gasteiger partial charge in [-0.3, -0.25) is 4.98 Å². The summed E-state index contributed by atoms with van der Waals surface area (Å²) in [6.07, 6.45) is 2.93. The summed E-state index contributed by atoms with van der Waals surface area (Å²) in [5.41, 5.74) is 0.601. The minimum absolute atomic E-state index is 0.115. The smallest absolute Gasteiger partial charge is 0.138 e. The molecule has 0 saturated carbocycles. The van der Waals surface area contributed by atoms with E-state index in [9.17, 15) is 5.11 Å². The molecule has 90 valence electrons. The van der Waals surface area contributed by atoms with Crippen LogP contribution in [-0.4, -0.2) is 16.2 Å². The molecule has 0 saturated heterocycles. The van der Waals surface area contributed by atoms with E-state index in [1.54, 1.807) is 12.4 Å². The fourth-order valence-corrected chi connectivity index (χ4v) is 1.42. The van der Waals surface area contributed by atoms with E-state index < -0.39 is 6.10 Å². The van der Waals surface area contributed by atoms with Crippen molar-refractivity contribution in [2.24, 2.45) is 5.41 Å². The highest BCUT2D eigenvalue weighted by atomic mass is 16.5. The number of nitrogens with zero attached hydrogens (tertiary/aromatic N) is 1. The molecular formula is C13H21NO2. The Labute approximate surface area is 97.5 Å². The van der Waals surface area contributed by atoms with Crippen molar-refractivity contribution in [2.75, 3.05) is 0 Å². The third kappa shape index (κ3) is 3.49. The predicted molar refractivity (Wildman–Crippen MR) is 64.4 cm³/mol. The van der Waals surface area contributed by atoms with Crippen LogP contribution in [0.1, 0.15) is 46.3 Å². The van der Waals surface area contributed by atoms with E-state index in [0.29, 0.717) is 5.75 Å². The van der Waals surface area contributed by atoms with E-state index >= 15 is 0 Å². The molecule has 0 aromatic carbocycles. The number of rotatable bonds is 3. The van der Waals surface area contributed by atoms with Crippen LogP contribution in [0.2, 0.25) is 0 Å². The lowest BCUT2D eigenvalue weighted by molar-refractivity contribution is 0.0620. The fraction of sp³-hybridized carbons (Fsp3) is 0.615. The van der Waals surface area contributed by atoms with Gasteiger partial charge >= 0.3 is 0 Å². The summed E-state index contributed by atoms with van der Waals surface area (Å²) >= 11 is 0. The lowest BCUT2D eigenvalue weighted by Crippen LogP contribution is -2.18. The van der Waals surface area contributed by atoms with Gasteiger partial charge in [-0.2, -0.15) is 0 Å². The van der Waals surface area contributed by atoms with Gasteiger partial charge in [-0.15, -0.1) is 0 Å². The first-order valence-corrected chi connectivity index (χ1v) is 5.60. The van der Waals surface area contributed by atoms with Crippen molar-refractivity contribution in [3.8, 4) is 5.75 Å². The zero-order chi connectivity index (χ0) is 12.3. The van der Waals surface area contributed by atoms with Crippen molar-refractivity contribution in [3.05, 3.63) is 24.0 Å². The van der Waals surface area contributed by atoms with E-state index in [2.05, 4.69) is 4.98 Å². The van der Waals surface area contributed by atoms with Gasteiger partial charge in [-0.25, -0.2) is 0 Å². The van der Waals surface area contributed by atoms with E-state index in [-0.39, 0.29) is 11.5 Å². The molecule has 0 radical (unpaired) electrons. The third-order valence-electron chi connectivity index (χ3n) is 2.24. The molecule has 3 nitrogen and oxygen atoms in total. The molecule has 0 aliphatic heterocycles. The van der Waals surface area contributed by atoms with Crippen molar-refractivity contribution < 1.29 is 9.84 Å². The van der Waals surface area contributed by atoms with Gasteiger partial charge in [-0.05, 0) is 25.3 Å². The van der Waals surface area contributed by atoms with Crippen LogP contribution in [0.5, 0.6) is 5.75 Å². The maximum Gasteiger partial charge on any atom is 0.138 e. The summed E-state index contributed by atoms with van der Waals surface area (Å²) in [5.74, 6) is 0.704. The number of aromatic nitrogens is 1. The molecule has 0 spiro atoms. The normalized spacial score (nSPS) is 13.9. The SMILES string of the molecule is CC(C)Oc1cncc(C(O)C(C)(C)C)c1. The minimum Gasteiger partial charge on any atom is -0.489 e. The highest BCUT2D eigenvalue weighted by molar-refractivity contribution is 5.26. The minimum atomic E-state index is -0.532. The van der Waals surface area contributed by atoms with E-state index in [1.165, 1.54) is 0 Å². The summed E-state index contributed by atoms with van der Waals surface area (Å²) in [4.78, 5) is 4.09. The molecular weight excluding hydrogens is 202 g/mol. The number of aliphatic hydroxyl groups excluding tert-OH is 1. The number of ether oxygens (including phenoxy) is 1. The average Bonchev–Trinajstić information content (AvgIpc) is 2.14. The molecule has 0 aliphatic carbocycles. The Balaban J connectivity index is 2.90. The van der Waals surface area contributed by atoms with Crippen molar-refractivity contribution in [2.45, 2.75) is 46.8 Å². The molecule has 16 heavy (non-hydrogen) atoms. The largest absolute Gasteiger partial charge is 0.489 e. The first-order valence-electron chi connectivity index (χ1n) is 5.60. The summed E-state index contributed by atoms with van der Waals surface area (Å²) in [6.45, 7) is 9.91. The highest BCUT2D eigenvalue weighted by Crippen LogP contribution is 2.33. The molecule has 0 amide bonds. The Morgan fingerprint density at radius 2 is 1.88 bits per heavy atom. The predicted octanol–water partition coefficient (Wildman–Crippen LogP) is 2.95. The quantitative estimate of drug-likeness (QED) is 0.856. The van der Waals surface area contributed by atoms with Gasteiger partial charge in [0.05, 0.1) is 18.4 Å². The Morgan fingerprint density at radius 1 is 1.25 bits per heavy atom. The van der Waals surface area contributed by atoms with Crippen LogP contribution < -0.4 is 4.74 Å². The van der Waals surface area contributed by atoms with Crippen molar-refractivity contribution >= 4 is 0 Å². The molecule has 0 aliphatic rings. The molecule has 1 rings (SSSR count). The monoisotopic (exact) mass is 223 g/mol. The molecule has 1 heterocycles. The number of hydrogen-bond acceptors (Lipinski definition) is 3. The number of pyridine rings is 1. The molecule has 3 heteroatoms. The first kappa shape index (κ1) is 13.0. The second-order valence-electron chi connectivity index (χ2n) is 5.39. The lowest BCUT2D eigenvalue weighted by Gasteiger charge is -2.26. The standard InChI is InChI=1S/C13H21NO2/c1-9(2)16-11-6-10(7-14-8-11)12(15)13(3,4)5/h6-9,12,15H,1-5H3. The zero-order valence-corrected chi connectivity index (χ0v) is 10.7. The molecule has 1 N–H and O–H groups in total. The zero-order valence-electron chi connectivity index (χ0n) is 10.7. The van der Waals surface area contributed by atoms with Gasteiger partial charge in [0.15, 0.2) is 0 Å². The fourth-order valence-electron chi connectivity index (χ4n) is 1.42. The van der Waals surface area contributed by atoms with Crippen LogP contribution in [0, 0.1) is 5.41 Å². The Bertz CT molecular complexity index is 342. The Morgan fingerprint density at radius 3 is 2.38 bits per heavy atom. The molecule has 1 aromatic rings. The second kappa shape index (κ2) is 4.83. The maximum absolute atomic E-state index is 10.1. The van der Waals surface area contributed by atoms with Crippen LogP contribution in [0.4, 0.5) is 0 Å². The van der Waals surface area contributed by atoms with Gasteiger partial charge < -0.3 is 9.84 Å². The molecule has 0 fully saturated rings. The maximum atomic E-state index is 10.1. The van der Waals surface area contributed by atoms with Crippen molar-refractivity contribution in [1.82, 2.24) is 4.98 Å². The average molecular weight is 223 g/mol. The van der Waals surface area contributed by atoms with Crippen LogP contribution in [0.3, 0.4) is 0 Å². The van der Waals surface area contributed by atoms with E-state index in [4.69, 9.17) is 4.74 Å². The first-order chi connectivity index (χ1) is 7.30. The van der Waals surface area contributed by atoms with Gasteiger partial charge in [0, 0.05) is 11.8 Å². The number of hydrogen-bond donors (Lipinski definition) is 1. The molecule has 1 aromatic heterocycles. The van der Waals surface area contributed by atoms with Crippen LogP contribution in [-0.2, 0) is 0 Å².